The monoisotopic (exact) mass is 222 g/mol. The van der Waals surface area contributed by atoms with Crippen molar-refractivity contribution < 1.29 is 4.74 Å². The number of hydrogen-bond donors (Lipinski definition) is 0. The van der Waals surface area contributed by atoms with E-state index in [0.717, 1.165) is 17.9 Å². The third-order valence-electron chi connectivity index (χ3n) is 3.09. The van der Waals surface area contributed by atoms with Crippen molar-refractivity contribution in [3.05, 3.63) is 65.9 Å². The Morgan fingerprint density at radius 2 is 1.82 bits per heavy atom. The van der Waals surface area contributed by atoms with Crippen LogP contribution in [0.5, 0.6) is 5.75 Å². The van der Waals surface area contributed by atoms with Gasteiger partial charge in [-0.3, -0.25) is 0 Å². The molecule has 2 aromatic rings. The molecule has 0 N–H and O–H groups in total. The summed E-state index contributed by atoms with van der Waals surface area (Å²) in [5, 5.41) is 0. The van der Waals surface area contributed by atoms with Crippen LogP contribution in [-0.2, 0) is 6.42 Å². The molecule has 0 atom stereocenters. The van der Waals surface area contributed by atoms with E-state index in [4.69, 9.17) is 4.74 Å². The molecule has 0 fully saturated rings. The summed E-state index contributed by atoms with van der Waals surface area (Å²) >= 11 is 0. The van der Waals surface area contributed by atoms with Crippen molar-refractivity contribution in [2.75, 3.05) is 0 Å². The van der Waals surface area contributed by atoms with Gasteiger partial charge in [-0.25, -0.2) is 0 Å². The van der Waals surface area contributed by atoms with Crippen LogP contribution in [0.15, 0.2) is 54.8 Å². The molecule has 0 spiro atoms. The molecule has 0 aromatic heterocycles. The van der Waals surface area contributed by atoms with Gasteiger partial charge in [0.15, 0.2) is 0 Å². The third kappa shape index (κ3) is 1.64. The van der Waals surface area contributed by atoms with Gasteiger partial charge in [-0.1, -0.05) is 43.0 Å². The zero-order valence-electron chi connectivity index (χ0n) is 9.86. The molecule has 84 valence electrons. The van der Waals surface area contributed by atoms with E-state index in [1.54, 1.807) is 0 Å². The Balaban J connectivity index is 2.14. The van der Waals surface area contributed by atoms with Crippen molar-refractivity contribution >= 4 is 0 Å². The molecule has 1 heteroatoms. The second-order valence-electron chi connectivity index (χ2n) is 4.42. The molecule has 0 bridgehead atoms. The summed E-state index contributed by atoms with van der Waals surface area (Å²) in [4.78, 5) is 0. The normalized spacial score (nSPS) is 11.8. The van der Waals surface area contributed by atoms with Gasteiger partial charge in [0.2, 0.25) is 0 Å². The highest BCUT2D eigenvalue weighted by Crippen LogP contribution is 2.41. The van der Waals surface area contributed by atoms with Gasteiger partial charge in [-0.2, -0.15) is 0 Å². The minimum atomic E-state index is 0.731. The van der Waals surface area contributed by atoms with Crippen molar-refractivity contribution in [3.63, 3.8) is 0 Å². The van der Waals surface area contributed by atoms with Gasteiger partial charge in [0, 0.05) is 12.0 Å². The van der Waals surface area contributed by atoms with E-state index in [2.05, 4.69) is 36.9 Å². The highest BCUT2D eigenvalue weighted by Gasteiger charge is 2.21. The first-order valence-electron chi connectivity index (χ1n) is 5.79. The number of ether oxygens (including phenoxy) is 1. The molecule has 0 unspecified atom stereocenters. The van der Waals surface area contributed by atoms with E-state index < -0.39 is 0 Å². The van der Waals surface area contributed by atoms with Crippen molar-refractivity contribution in [1.82, 2.24) is 0 Å². The summed E-state index contributed by atoms with van der Waals surface area (Å²) in [6, 6.07) is 14.7. The van der Waals surface area contributed by atoms with Crippen LogP contribution < -0.4 is 4.74 Å². The Kier molecular flexibility index (Phi) is 2.25. The van der Waals surface area contributed by atoms with Crippen LogP contribution in [0, 0.1) is 0 Å². The van der Waals surface area contributed by atoms with E-state index in [1.807, 2.05) is 19.1 Å². The molecule has 1 nitrogen and oxygen atoms in total. The molecule has 0 amide bonds. The van der Waals surface area contributed by atoms with Crippen LogP contribution in [0.25, 0.3) is 11.1 Å². The molecule has 0 aliphatic heterocycles. The van der Waals surface area contributed by atoms with Gasteiger partial charge in [-0.05, 0) is 29.7 Å². The van der Waals surface area contributed by atoms with Gasteiger partial charge < -0.3 is 4.74 Å². The molecule has 3 rings (SSSR count). The third-order valence-corrected chi connectivity index (χ3v) is 3.09. The SMILES string of the molecule is C=C(C)Oc1cccc2c1Cc1ccccc1-2. The molecule has 2 aromatic carbocycles. The Morgan fingerprint density at radius 3 is 2.65 bits per heavy atom. The van der Waals surface area contributed by atoms with Crippen LogP contribution >= 0.6 is 0 Å². The van der Waals surface area contributed by atoms with Crippen molar-refractivity contribution in [2.45, 2.75) is 13.3 Å². The zero-order chi connectivity index (χ0) is 11.8. The minimum Gasteiger partial charge on any atom is -0.462 e. The highest BCUT2D eigenvalue weighted by atomic mass is 16.5. The van der Waals surface area contributed by atoms with E-state index >= 15 is 0 Å². The molecule has 0 radical (unpaired) electrons. The van der Waals surface area contributed by atoms with E-state index in [-0.39, 0.29) is 0 Å². The summed E-state index contributed by atoms with van der Waals surface area (Å²) < 4.78 is 5.69. The summed E-state index contributed by atoms with van der Waals surface area (Å²) in [7, 11) is 0. The molecule has 0 saturated carbocycles. The first-order chi connectivity index (χ1) is 8.25. The lowest BCUT2D eigenvalue weighted by atomic mass is 10.1. The van der Waals surface area contributed by atoms with Gasteiger partial charge >= 0.3 is 0 Å². The zero-order valence-corrected chi connectivity index (χ0v) is 9.86. The summed E-state index contributed by atoms with van der Waals surface area (Å²) in [6.45, 7) is 5.68. The predicted octanol–water partition coefficient (Wildman–Crippen LogP) is 4.17. The first-order valence-corrected chi connectivity index (χ1v) is 5.79. The Hall–Kier alpha value is -2.02. The molecular weight excluding hydrogens is 208 g/mol. The molecule has 1 aliphatic carbocycles. The van der Waals surface area contributed by atoms with Crippen molar-refractivity contribution in [2.24, 2.45) is 0 Å². The lowest BCUT2D eigenvalue weighted by molar-refractivity contribution is 0.427. The van der Waals surface area contributed by atoms with E-state index in [1.165, 1.54) is 22.3 Å². The summed E-state index contributed by atoms with van der Waals surface area (Å²) in [5.74, 6) is 1.67. The fourth-order valence-electron chi connectivity index (χ4n) is 2.41. The average Bonchev–Trinajstić information content (AvgIpc) is 2.68. The Morgan fingerprint density at radius 1 is 1.06 bits per heavy atom. The maximum atomic E-state index is 5.69. The largest absolute Gasteiger partial charge is 0.462 e. The fraction of sp³-hybridized carbons (Fsp3) is 0.125. The summed E-state index contributed by atoms with van der Waals surface area (Å²) in [5.41, 5.74) is 5.27. The Bertz CT molecular complexity index is 596. The van der Waals surface area contributed by atoms with Crippen LogP contribution in [0.4, 0.5) is 0 Å². The van der Waals surface area contributed by atoms with Gasteiger partial charge in [0.05, 0.1) is 5.76 Å². The van der Waals surface area contributed by atoms with E-state index in [0.29, 0.717) is 0 Å². The van der Waals surface area contributed by atoms with Gasteiger partial charge in [0.25, 0.3) is 0 Å². The maximum absolute atomic E-state index is 5.69. The second-order valence-corrected chi connectivity index (χ2v) is 4.42. The van der Waals surface area contributed by atoms with E-state index in [9.17, 15) is 0 Å². The maximum Gasteiger partial charge on any atom is 0.131 e. The number of benzene rings is 2. The molecule has 1 aliphatic rings. The lowest BCUT2D eigenvalue weighted by Crippen LogP contribution is -1.93. The number of fused-ring (bicyclic) bond motifs is 3. The van der Waals surface area contributed by atoms with Gasteiger partial charge in [0.1, 0.15) is 5.75 Å². The van der Waals surface area contributed by atoms with Crippen molar-refractivity contribution in [1.29, 1.82) is 0 Å². The second kappa shape index (κ2) is 3.77. The summed E-state index contributed by atoms with van der Waals surface area (Å²) in [6.07, 6.45) is 0.953. The fourth-order valence-corrected chi connectivity index (χ4v) is 2.41. The average molecular weight is 222 g/mol. The lowest BCUT2D eigenvalue weighted by Gasteiger charge is -2.09. The number of rotatable bonds is 2. The van der Waals surface area contributed by atoms with Crippen LogP contribution in [0.3, 0.4) is 0 Å². The highest BCUT2D eigenvalue weighted by molar-refractivity contribution is 5.78. The van der Waals surface area contributed by atoms with Crippen LogP contribution in [0.1, 0.15) is 18.1 Å². The smallest absolute Gasteiger partial charge is 0.131 e. The molecule has 0 heterocycles. The van der Waals surface area contributed by atoms with Crippen LogP contribution in [-0.4, -0.2) is 0 Å². The van der Waals surface area contributed by atoms with Crippen molar-refractivity contribution in [3.8, 4) is 16.9 Å². The molecule has 17 heavy (non-hydrogen) atoms. The molecular formula is C16H14O. The number of hydrogen-bond acceptors (Lipinski definition) is 1. The number of allylic oxidation sites excluding steroid dienone is 1. The quantitative estimate of drug-likeness (QED) is 0.591. The predicted molar refractivity (Wildman–Crippen MR) is 70.1 cm³/mol. The van der Waals surface area contributed by atoms with Gasteiger partial charge in [-0.15, -0.1) is 0 Å². The topological polar surface area (TPSA) is 9.23 Å². The first kappa shape index (κ1) is 10.2. The minimum absolute atomic E-state index is 0.731. The molecule has 0 saturated heterocycles. The van der Waals surface area contributed by atoms with Crippen LogP contribution in [0.2, 0.25) is 0 Å². The standard InChI is InChI=1S/C16H14O/c1-11(2)17-16-9-5-8-14-13-7-4-3-6-12(13)10-15(14)16/h3-9H,1,10H2,2H3. The Labute approximate surface area is 101 Å².